The second-order valence-corrected chi connectivity index (χ2v) is 3.88. The number of ether oxygens (including phenoxy) is 2. The molecule has 1 heterocycles. The van der Waals surface area contributed by atoms with Crippen molar-refractivity contribution in [3.63, 3.8) is 0 Å². The lowest BCUT2D eigenvalue weighted by Crippen LogP contribution is -2.11. The van der Waals surface area contributed by atoms with Gasteiger partial charge < -0.3 is 14.6 Å². The molecule has 6 nitrogen and oxygen atoms in total. The average Bonchev–Trinajstić information content (AvgIpc) is 2.76. The molecule has 1 aromatic heterocycles. The van der Waals surface area contributed by atoms with E-state index in [0.29, 0.717) is 5.69 Å². The third-order valence-corrected chi connectivity index (χ3v) is 2.70. The minimum absolute atomic E-state index is 0.110. The van der Waals surface area contributed by atoms with Crippen LogP contribution < -0.4 is 0 Å². The average molecular weight is 243 g/mol. The van der Waals surface area contributed by atoms with Crippen molar-refractivity contribution in [2.45, 2.75) is 39.0 Å². The SMILES string of the molecule is COCCCCn1nnc(CO)c1C(C)OC. The fourth-order valence-corrected chi connectivity index (χ4v) is 1.70. The van der Waals surface area contributed by atoms with E-state index in [1.807, 2.05) is 6.92 Å². The topological polar surface area (TPSA) is 69.4 Å². The molecule has 0 bridgehead atoms. The number of hydrogen-bond donors (Lipinski definition) is 1. The highest BCUT2D eigenvalue weighted by molar-refractivity contribution is 5.11. The van der Waals surface area contributed by atoms with Crippen molar-refractivity contribution in [1.82, 2.24) is 15.0 Å². The molecule has 0 aliphatic carbocycles. The number of rotatable bonds is 8. The van der Waals surface area contributed by atoms with Gasteiger partial charge in [-0.1, -0.05) is 5.21 Å². The Morgan fingerprint density at radius 1 is 1.35 bits per heavy atom. The van der Waals surface area contributed by atoms with Crippen molar-refractivity contribution in [2.24, 2.45) is 0 Å². The van der Waals surface area contributed by atoms with E-state index in [4.69, 9.17) is 9.47 Å². The van der Waals surface area contributed by atoms with E-state index >= 15 is 0 Å². The fraction of sp³-hybridized carbons (Fsp3) is 0.818. The lowest BCUT2D eigenvalue weighted by atomic mass is 10.2. The smallest absolute Gasteiger partial charge is 0.114 e. The first kappa shape index (κ1) is 14.1. The first-order chi connectivity index (χ1) is 8.24. The maximum Gasteiger partial charge on any atom is 0.114 e. The number of aliphatic hydroxyl groups excluding tert-OH is 1. The van der Waals surface area contributed by atoms with Crippen molar-refractivity contribution in [3.8, 4) is 0 Å². The highest BCUT2D eigenvalue weighted by Crippen LogP contribution is 2.19. The van der Waals surface area contributed by atoms with E-state index in [2.05, 4.69) is 10.3 Å². The summed E-state index contributed by atoms with van der Waals surface area (Å²) in [5, 5.41) is 17.2. The van der Waals surface area contributed by atoms with Gasteiger partial charge in [-0.05, 0) is 19.8 Å². The third-order valence-electron chi connectivity index (χ3n) is 2.70. The van der Waals surface area contributed by atoms with Gasteiger partial charge in [0.05, 0.1) is 18.4 Å². The zero-order valence-corrected chi connectivity index (χ0v) is 10.7. The Labute approximate surface area is 102 Å². The molecular formula is C11H21N3O3. The van der Waals surface area contributed by atoms with Crippen LogP contribution in [-0.2, 0) is 22.6 Å². The Kier molecular flexibility index (Phi) is 6.10. The van der Waals surface area contributed by atoms with Crippen LogP contribution in [0.2, 0.25) is 0 Å². The Bertz CT molecular complexity index is 328. The lowest BCUT2D eigenvalue weighted by molar-refractivity contribution is 0.108. The monoisotopic (exact) mass is 243 g/mol. The zero-order chi connectivity index (χ0) is 12.7. The summed E-state index contributed by atoms with van der Waals surface area (Å²) in [5.74, 6) is 0. The Hall–Kier alpha value is -0.980. The molecular weight excluding hydrogens is 222 g/mol. The number of methoxy groups -OCH3 is 2. The van der Waals surface area contributed by atoms with Gasteiger partial charge in [0.15, 0.2) is 0 Å². The maximum atomic E-state index is 9.19. The van der Waals surface area contributed by atoms with Gasteiger partial charge in [0.25, 0.3) is 0 Å². The summed E-state index contributed by atoms with van der Waals surface area (Å²) in [5.41, 5.74) is 1.44. The summed E-state index contributed by atoms with van der Waals surface area (Å²) in [7, 11) is 3.33. The molecule has 1 aromatic rings. The molecule has 0 radical (unpaired) electrons. The summed E-state index contributed by atoms with van der Waals surface area (Å²) in [6.07, 6.45) is 1.83. The number of aromatic nitrogens is 3. The zero-order valence-electron chi connectivity index (χ0n) is 10.7. The second-order valence-electron chi connectivity index (χ2n) is 3.88. The van der Waals surface area contributed by atoms with Crippen LogP contribution in [0.25, 0.3) is 0 Å². The van der Waals surface area contributed by atoms with Gasteiger partial charge in [0.2, 0.25) is 0 Å². The Morgan fingerprint density at radius 3 is 2.71 bits per heavy atom. The molecule has 6 heteroatoms. The minimum Gasteiger partial charge on any atom is -0.390 e. The molecule has 1 rings (SSSR count). The van der Waals surface area contributed by atoms with Crippen molar-refractivity contribution < 1.29 is 14.6 Å². The van der Waals surface area contributed by atoms with Crippen LogP contribution in [0.15, 0.2) is 0 Å². The molecule has 0 fully saturated rings. The lowest BCUT2D eigenvalue weighted by Gasteiger charge is -2.13. The predicted molar refractivity (Wildman–Crippen MR) is 62.5 cm³/mol. The van der Waals surface area contributed by atoms with Gasteiger partial charge in [0, 0.05) is 27.4 Å². The molecule has 1 N–H and O–H groups in total. The molecule has 1 unspecified atom stereocenters. The first-order valence-electron chi connectivity index (χ1n) is 5.79. The Morgan fingerprint density at radius 2 is 2.12 bits per heavy atom. The molecule has 98 valence electrons. The van der Waals surface area contributed by atoms with Crippen LogP contribution >= 0.6 is 0 Å². The maximum absolute atomic E-state index is 9.19. The van der Waals surface area contributed by atoms with Crippen LogP contribution in [0.1, 0.15) is 37.3 Å². The highest BCUT2D eigenvalue weighted by Gasteiger charge is 2.17. The van der Waals surface area contributed by atoms with Crippen LogP contribution in [0, 0.1) is 0 Å². The number of hydrogen-bond acceptors (Lipinski definition) is 5. The summed E-state index contributed by atoms with van der Waals surface area (Å²) >= 11 is 0. The normalized spacial score (nSPS) is 12.9. The number of aryl methyl sites for hydroxylation is 1. The van der Waals surface area contributed by atoms with Gasteiger partial charge in [-0.3, -0.25) is 0 Å². The van der Waals surface area contributed by atoms with Crippen LogP contribution in [0.5, 0.6) is 0 Å². The van der Waals surface area contributed by atoms with Crippen LogP contribution in [0.3, 0.4) is 0 Å². The molecule has 0 saturated heterocycles. The second kappa shape index (κ2) is 7.37. The largest absolute Gasteiger partial charge is 0.390 e. The van der Waals surface area contributed by atoms with Gasteiger partial charge in [-0.15, -0.1) is 5.10 Å². The van der Waals surface area contributed by atoms with Gasteiger partial charge >= 0.3 is 0 Å². The van der Waals surface area contributed by atoms with Crippen molar-refractivity contribution in [3.05, 3.63) is 11.4 Å². The van der Waals surface area contributed by atoms with E-state index in [0.717, 1.165) is 31.7 Å². The molecule has 0 aliphatic heterocycles. The third kappa shape index (κ3) is 3.76. The first-order valence-corrected chi connectivity index (χ1v) is 5.79. The molecule has 17 heavy (non-hydrogen) atoms. The number of unbranched alkanes of at least 4 members (excludes halogenated alkanes) is 1. The number of nitrogens with zero attached hydrogens (tertiary/aromatic N) is 3. The van der Waals surface area contributed by atoms with Crippen molar-refractivity contribution in [2.75, 3.05) is 20.8 Å². The van der Waals surface area contributed by atoms with Crippen LogP contribution in [0.4, 0.5) is 0 Å². The molecule has 0 amide bonds. The summed E-state index contributed by atoms with van der Waals surface area (Å²) in [6.45, 7) is 3.32. The minimum atomic E-state index is -0.116. The molecule has 0 aliphatic rings. The van der Waals surface area contributed by atoms with E-state index in [-0.39, 0.29) is 12.7 Å². The summed E-state index contributed by atoms with van der Waals surface area (Å²) < 4.78 is 12.1. The molecule has 1 atom stereocenters. The van der Waals surface area contributed by atoms with E-state index in [9.17, 15) is 5.11 Å². The van der Waals surface area contributed by atoms with Gasteiger partial charge in [-0.25, -0.2) is 4.68 Å². The van der Waals surface area contributed by atoms with E-state index in [1.165, 1.54) is 0 Å². The number of aliphatic hydroxyl groups is 1. The van der Waals surface area contributed by atoms with E-state index < -0.39 is 0 Å². The van der Waals surface area contributed by atoms with Crippen molar-refractivity contribution in [1.29, 1.82) is 0 Å². The van der Waals surface area contributed by atoms with Crippen LogP contribution in [-0.4, -0.2) is 40.9 Å². The van der Waals surface area contributed by atoms with Gasteiger partial charge in [-0.2, -0.15) is 0 Å². The van der Waals surface area contributed by atoms with E-state index in [1.54, 1.807) is 18.9 Å². The standard InChI is InChI=1S/C11H21N3O3/c1-9(17-3)11-10(8-15)12-13-14(11)6-4-5-7-16-2/h9,15H,4-8H2,1-3H3. The summed E-state index contributed by atoms with van der Waals surface area (Å²) in [4.78, 5) is 0. The Balaban J connectivity index is 2.67. The van der Waals surface area contributed by atoms with Crippen molar-refractivity contribution >= 4 is 0 Å². The molecule has 0 saturated carbocycles. The quantitative estimate of drug-likeness (QED) is 0.687. The molecule has 0 spiro atoms. The molecule has 0 aromatic carbocycles. The fourth-order valence-electron chi connectivity index (χ4n) is 1.70. The predicted octanol–water partition coefficient (Wildman–Crippen LogP) is 0.904. The highest BCUT2D eigenvalue weighted by atomic mass is 16.5. The summed E-state index contributed by atoms with van der Waals surface area (Å²) in [6, 6.07) is 0. The van der Waals surface area contributed by atoms with Gasteiger partial charge in [0.1, 0.15) is 5.69 Å².